The molecule has 0 radical (unpaired) electrons. The van der Waals surface area contributed by atoms with E-state index in [0.717, 1.165) is 0 Å². The van der Waals surface area contributed by atoms with Crippen LogP contribution in [-0.2, 0) is 0 Å². The first-order chi connectivity index (χ1) is 9.25. The summed E-state index contributed by atoms with van der Waals surface area (Å²) < 4.78 is 10.9. The molecule has 1 aliphatic heterocycles. The minimum atomic E-state index is -1.06. The molecule has 0 bridgehead atoms. The van der Waals surface area contributed by atoms with E-state index in [1.54, 1.807) is 18.2 Å². The molecule has 0 amide bonds. The summed E-state index contributed by atoms with van der Waals surface area (Å²) in [6.07, 6.45) is 2.60. The summed E-state index contributed by atoms with van der Waals surface area (Å²) in [5.74, 6) is 0.185. The third kappa shape index (κ3) is 2.08. The molecule has 2 heterocycles. The van der Waals surface area contributed by atoms with E-state index in [9.17, 15) is 4.79 Å². The van der Waals surface area contributed by atoms with Gasteiger partial charge in [0.25, 0.3) is 0 Å². The third-order valence-electron chi connectivity index (χ3n) is 2.76. The summed E-state index contributed by atoms with van der Waals surface area (Å²) in [7, 11) is 0. The Morgan fingerprint density at radius 3 is 2.79 bits per heavy atom. The Balaban J connectivity index is 2.10. The summed E-state index contributed by atoms with van der Waals surface area (Å²) in [6.45, 7) is 0.992. The van der Waals surface area contributed by atoms with Crippen LogP contribution in [0.3, 0.4) is 0 Å². The van der Waals surface area contributed by atoms with Crippen molar-refractivity contribution < 1.29 is 19.4 Å². The molecule has 1 aromatic heterocycles. The van der Waals surface area contributed by atoms with Gasteiger partial charge in [0, 0.05) is 11.8 Å². The Bertz CT molecular complexity index is 642. The molecule has 1 aromatic carbocycles. The Morgan fingerprint density at radius 2 is 2.00 bits per heavy atom. The number of benzene rings is 1. The molecule has 0 fully saturated rings. The van der Waals surface area contributed by atoms with Gasteiger partial charge in [0.15, 0.2) is 11.5 Å². The van der Waals surface area contributed by atoms with Crippen LogP contribution in [0.1, 0.15) is 10.4 Å². The third-order valence-corrected chi connectivity index (χ3v) is 2.76. The fraction of sp³-hybridized carbons (Fsp3) is 0.154. The molecule has 0 saturated heterocycles. The lowest BCUT2D eigenvalue weighted by Crippen LogP contribution is -2.15. The van der Waals surface area contributed by atoms with Crippen LogP contribution in [0.25, 0.3) is 11.3 Å². The number of carboxylic acids is 1. The van der Waals surface area contributed by atoms with Gasteiger partial charge in [-0.2, -0.15) is 0 Å². The van der Waals surface area contributed by atoms with E-state index >= 15 is 0 Å². The van der Waals surface area contributed by atoms with Crippen molar-refractivity contribution in [2.24, 2.45) is 0 Å². The van der Waals surface area contributed by atoms with Crippen molar-refractivity contribution in [3.63, 3.8) is 0 Å². The summed E-state index contributed by atoms with van der Waals surface area (Å²) >= 11 is 0. The molecule has 96 valence electrons. The zero-order valence-electron chi connectivity index (χ0n) is 9.87. The summed E-state index contributed by atoms with van der Waals surface area (Å²) in [4.78, 5) is 18.9. The smallest absolute Gasteiger partial charge is 0.339 e. The normalized spacial score (nSPS) is 13.1. The average molecular weight is 258 g/mol. The minimum Gasteiger partial charge on any atom is -0.486 e. The summed E-state index contributed by atoms with van der Waals surface area (Å²) in [6, 6.07) is 5.23. The number of hydrogen-bond acceptors (Lipinski definition) is 5. The van der Waals surface area contributed by atoms with Crippen molar-refractivity contribution in [1.82, 2.24) is 9.97 Å². The van der Waals surface area contributed by atoms with Gasteiger partial charge in [-0.25, -0.2) is 14.8 Å². The van der Waals surface area contributed by atoms with Crippen LogP contribution < -0.4 is 9.47 Å². The van der Waals surface area contributed by atoms with E-state index in [1.807, 2.05) is 0 Å². The Kier molecular flexibility index (Phi) is 2.75. The predicted molar refractivity (Wildman–Crippen MR) is 65.4 cm³/mol. The lowest BCUT2D eigenvalue weighted by atomic mass is 10.1. The number of fused-ring (bicyclic) bond motifs is 1. The first-order valence-corrected chi connectivity index (χ1v) is 5.69. The second-order valence-electron chi connectivity index (χ2n) is 3.95. The molecule has 0 spiro atoms. The molecular formula is C13H10N2O4. The van der Waals surface area contributed by atoms with Crippen LogP contribution in [0.15, 0.2) is 30.7 Å². The Morgan fingerprint density at radius 1 is 1.21 bits per heavy atom. The fourth-order valence-electron chi connectivity index (χ4n) is 1.91. The first-order valence-electron chi connectivity index (χ1n) is 5.69. The van der Waals surface area contributed by atoms with E-state index in [-0.39, 0.29) is 5.56 Å². The SMILES string of the molecule is O=C(O)c1cncnc1-c1ccc2c(c1)OCCO2. The van der Waals surface area contributed by atoms with Crippen molar-refractivity contribution in [1.29, 1.82) is 0 Å². The largest absolute Gasteiger partial charge is 0.486 e. The second kappa shape index (κ2) is 4.56. The maximum atomic E-state index is 11.1. The highest BCUT2D eigenvalue weighted by Crippen LogP contribution is 2.34. The number of hydrogen-bond donors (Lipinski definition) is 1. The van der Waals surface area contributed by atoms with Gasteiger partial charge in [-0.1, -0.05) is 0 Å². The number of carboxylic acid groups (broad SMARTS) is 1. The van der Waals surface area contributed by atoms with Gasteiger partial charge in [0.1, 0.15) is 25.1 Å². The lowest BCUT2D eigenvalue weighted by molar-refractivity contribution is 0.0697. The molecule has 1 N–H and O–H groups in total. The van der Waals surface area contributed by atoms with Crippen LogP contribution in [0.4, 0.5) is 0 Å². The standard InChI is InChI=1S/C13H10N2O4/c16-13(17)9-6-14-7-15-12(9)8-1-2-10-11(5-8)19-4-3-18-10/h1-2,5-7H,3-4H2,(H,16,17). The molecule has 6 heteroatoms. The minimum absolute atomic E-state index is 0.0548. The van der Waals surface area contributed by atoms with Crippen LogP contribution in [-0.4, -0.2) is 34.3 Å². The molecule has 0 saturated carbocycles. The number of aromatic nitrogens is 2. The number of aromatic carboxylic acids is 1. The molecule has 0 aliphatic carbocycles. The van der Waals surface area contributed by atoms with Crippen molar-refractivity contribution in [3.05, 3.63) is 36.3 Å². The van der Waals surface area contributed by atoms with E-state index in [4.69, 9.17) is 14.6 Å². The molecule has 0 unspecified atom stereocenters. The Hall–Kier alpha value is -2.63. The maximum absolute atomic E-state index is 11.1. The van der Waals surface area contributed by atoms with Crippen molar-refractivity contribution >= 4 is 5.97 Å². The van der Waals surface area contributed by atoms with E-state index in [0.29, 0.717) is 36.0 Å². The fourth-order valence-corrected chi connectivity index (χ4v) is 1.91. The first kappa shape index (κ1) is 11.5. The van der Waals surface area contributed by atoms with E-state index in [1.165, 1.54) is 12.5 Å². The highest BCUT2D eigenvalue weighted by atomic mass is 16.6. The number of rotatable bonds is 2. The van der Waals surface area contributed by atoms with Crippen LogP contribution in [0, 0.1) is 0 Å². The molecule has 19 heavy (non-hydrogen) atoms. The van der Waals surface area contributed by atoms with Gasteiger partial charge in [0.05, 0.1) is 5.69 Å². The molecule has 2 aromatic rings. The number of nitrogens with zero attached hydrogens (tertiary/aromatic N) is 2. The maximum Gasteiger partial charge on any atom is 0.339 e. The molecule has 1 aliphatic rings. The molecule has 6 nitrogen and oxygen atoms in total. The van der Waals surface area contributed by atoms with Crippen LogP contribution >= 0.6 is 0 Å². The Labute approximate surface area is 108 Å². The number of carbonyl (C=O) groups is 1. The average Bonchev–Trinajstić information content (AvgIpc) is 2.46. The van der Waals surface area contributed by atoms with Gasteiger partial charge in [-0.15, -0.1) is 0 Å². The number of ether oxygens (including phenoxy) is 2. The van der Waals surface area contributed by atoms with Gasteiger partial charge in [-0.05, 0) is 18.2 Å². The highest BCUT2D eigenvalue weighted by Gasteiger charge is 2.17. The predicted octanol–water partition coefficient (Wildman–Crippen LogP) is 1.61. The molecule has 0 atom stereocenters. The molecular weight excluding hydrogens is 248 g/mol. The monoisotopic (exact) mass is 258 g/mol. The quantitative estimate of drug-likeness (QED) is 0.881. The van der Waals surface area contributed by atoms with Crippen molar-refractivity contribution in [2.45, 2.75) is 0 Å². The topological polar surface area (TPSA) is 81.5 Å². The van der Waals surface area contributed by atoms with Gasteiger partial charge in [0.2, 0.25) is 0 Å². The van der Waals surface area contributed by atoms with Crippen molar-refractivity contribution in [3.8, 4) is 22.8 Å². The van der Waals surface area contributed by atoms with Gasteiger partial charge in [-0.3, -0.25) is 0 Å². The summed E-state index contributed by atoms with van der Waals surface area (Å²) in [5.41, 5.74) is 1.07. The van der Waals surface area contributed by atoms with Crippen LogP contribution in [0.2, 0.25) is 0 Å². The lowest BCUT2D eigenvalue weighted by Gasteiger charge is -2.18. The second-order valence-corrected chi connectivity index (χ2v) is 3.95. The summed E-state index contributed by atoms with van der Waals surface area (Å²) in [5, 5.41) is 9.13. The van der Waals surface area contributed by atoms with Gasteiger partial charge >= 0.3 is 5.97 Å². The molecule has 3 rings (SSSR count). The van der Waals surface area contributed by atoms with Crippen molar-refractivity contribution in [2.75, 3.05) is 13.2 Å². The van der Waals surface area contributed by atoms with E-state index in [2.05, 4.69) is 9.97 Å². The van der Waals surface area contributed by atoms with Crippen LogP contribution in [0.5, 0.6) is 11.5 Å². The highest BCUT2D eigenvalue weighted by molar-refractivity contribution is 5.94. The zero-order valence-corrected chi connectivity index (χ0v) is 9.87. The van der Waals surface area contributed by atoms with E-state index < -0.39 is 5.97 Å². The zero-order chi connectivity index (χ0) is 13.2. The van der Waals surface area contributed by atoms with Gasteiger partial charge < -0.3 is 14.6 Å².